The molecule has 0 aliphatic rings. The zero-order valence-electron chi connectivity index (χ0n) is 14.0. The van der Waals surface area contributed by atoms with Gasteiger partial charge in [-0.15, -0.1) is 0 Å². The van der Waals surface area contributed by atoms with Crippen molar-refractivity contribution >= 4 is 22.7 Å². The van der Waals surface area contributed by atoms with Crippen LogP contribution in [0.15, 0.2) is 35.3 Å². The largest absolute Gasteiger partial charge is 0.494 e. The van der Waals surface area contributed by atoms with Crippen molar-refractivity contribution in [1.29, 1.82) is 0 Å². The van der Waals surface area contributed by atoms with Gasteiger partial charge in [0.05, 0.1) is 12.8 Å². The molecule has 2 N–H and O–H groups in total. The van der Waals surface area contributed by atoms with Crippen LogP contribution >= 0.6 is 0 Å². The molecule has 24 heavy (non-hydrogen) atoms. The van der Waals surface area contributed by atoms with E-state index in [-0.39, 0.29) is 5.56 Å². The minimum absolute atomic E-state index is 0.205. The van der Waals surface area contributed by atoms with Gasteiger partial charge in [0.15, 0.2) is 5.65 Å². The molecule has 0 atom stereocenters. The van der Waals surface area contributed by atoms with E-state index < -0.39 is 0 Å². The van der Waals surface area contributed by atoms with E-state index >= 15 is 0 Å². The van der Waals surface area contributed by atoms with Crippen molar-refractivity contribution in [2.24, 2.45) is 5.92 Å². The van der Waals surface area contributed by atoms with Gasteiger partial charge in [0.25, 0.3) is 5.56 Å². The van der Waals surface area contributed by atoms with Gasteiger partial charge in [-0.25, -0.2) is 4.68 Å². The Morgan fingerprint density at radius 2 is 2.04 bits per heavy atom. The van der Waals surface area contributed by atoms with Gasteiger partial charge < -0.3 is 10.1 Å². The second kappa shape index (κ2) is 6.74. The average Bonchev–Trinajstić information content (AvgIpc) is 2.92. The number of rotatable bonds is 6. The number of hydrogen-bond acceptors (Lipinski definition) is 5. The van der Waals surface area contributed by atoms with Crippen LogP contribution in [0.25, 0.3) is 11.0 Å². The van der Waals surface area contributed by atoms with Crippen LogP contribution in [0.3, 0.4) is 0 Å². The number of aromatic amines is 1. The van der Waals surface area contributed by atoms with E-state index in [1.165, 1.54) is 0 Å². The third kappa shape index (κ3) is 3.40. The number of nitrogens with one attached hydrogen (secondary N) is 2. The summed E-state index contributed by atoms with van der Waals surface area (Å²) in [4.78, 5) is 19.5. The standard InChI is InChI=1S/C17H21N5O2/c1-4-24-13-7-5-12(6-8-13)19-17-20-15-14(16(23)21-17)9-18-22(15)10-11(2)3/h5-9,11H,4,10H2,1-3H3,(H2,19,20,21,23). The number of aromatic nitrogens is 4. The molecule has 3 aromatic rings. The van der Waals surface area contributed by atoms with Gasteiger partial charge >= 0.3 is 0 Å². The highest BCUT2D eigenvalue weighted by atomic mass is 16.5. The molecule has 0 saturated heterocycles. The highest BCUT2D eigenvalue weighted by Crippen LogP contribution is 2.19. The van der Waals surface area contributed by atoms with E-state index in [1.54, 1.807) is 10.9 Å². The summed E-state index contributed by atoms with van der Waals surface area (Å²) in [5, 5.41) is 7.87. The fraction of sp³-hybridized carbons (Fsp3) is 0.353. The fourth-order valence-electron chi connectivity index (χ4n) is 2.44. The minimum atomic E-state index is -0.205. The SMILES string of the molecule is CCOc1ccc(Nc2nc3c(cnn3CC(C)C)c(=O)[nH]2)cc1. The first kappa shape index (κ1) is 16.0. The van der Waals surface area contributed by atoms with Crippen molar-refractivity contribution in [3.05, 3.63) is 40.8 Å². The fourth-order valence-corrected chi connectivity index (χ4v) is 2.44. The number of anilines is 2. The van der Waals surface area contributed by atoms with E-state index in [1.807, 2.05) is 31.2 Å². The van der Waals surface area contributed by atoms with Gasteiger partial charge in [-0.1, -0.05) is 13.8 Å². The van der Waals surface area contributed by atoms with Crippen LogP contribution < -0.4 is 15.6 Å². The van der Waals surface area contributed by atoms with Crippen molar-refractivity contribution in [2.45, 2.75) is 27.3 Å². The van der Waals surface area contributed by atoms with Crippen molar-refractivity contribution in [3.8, 4) is 5.75 Å². The Labute approximate surface area is 139 Å². The van der Waals surface area contributed by atoms with Crippen molar-refractivity contribution in [1.82, 2.24) is 19.7 Å². The van der Waals surface area contributed by atoms with Crippen molar-refractivity contribution in [3.63, 3.8) is 0 Å². The molecule has 0 bridgehead atoms. The molecule has 126 valence electrons. The normalized spacial score (nSPS) is 11.2. The molecule has 0 aliphatic heterocycles. The van der Waals surface area contributed by atoms with Gasteiger partial charge in [-0.05, 0) is 37.1 Å². The maximum atomic E-state index is 12.2. The van der Waals surface area contributed by atoms with Gasteiger partial charge in [0, 0.05) is 12.2 Å². The smallest absolute Gasteiger partial charge is 0.263 e. The van der Waals surface area contributed by atoms with E-state index in [0.29, 0.717) is 36.1 Å². The lowest BCUT2D eigenvalue weighted by atomic mass is 10.2. The lowest BCUT2D eigenvalue weighted by Gasteiger charge is -2.09. The number of fused-ring (bicyclic) bond motifs is 1. The average molecular weight is 327 g/mol. The van der Waals surface area contributed by atoms with E-state index in [2.05, 4.69) is 34.2 Å². The highest BCUT2D eigenvalue weighted by Gasteiger charge is 2.11. The molecule has 0 fully saturated rings. The summed E-state index contributed by atoms with van der Waals surface area (Å²) in [5.41, 5.74) is 1.19. The van der Waals surface area contributed by atoms with Crippen molar-refractivity contribution < 1.29 is 4.74 Å². The third-order valence-corrected chi connectivity index (χ3v) is 3.47. The monoisotopic (exact) mass is 327 g/mol. The molecule has 0 amide bonds. The van der Waals surface area contributed by atoms with Crippen LogP contribution in [0.1, 0.15) is 20.8 Å². The van der Waals surface area contributed by atoms with Crippen LogP contribution in [0, 0.1) is 5.92 Å². The Hall–Kier alpha value is -2.83. The molecule has 0 spiro atoms. The van der Waals surface area contributed by atoms with Crippen LogP contribution in [0.2, 0.25) is 0 Å². The van der Waals surface area contributed by atoms with Gasteiger partial charge in [0.1, 0.15) is 11.1 Å². The molecule has 3 rings (SSSR count). The Morgan fingerprint density at radius 3 is 2.71 bits per heavy atom. The first-order chi connectivity index (χ1) is 11.6. The summed E-state index contributed by atoms with van der Waals surface area (Å²) in [6.07, 6.45) is 1.56. The molecule has 2 heterocycles. The Kier molecular flexibility index (Phi) is 4.50. The molecule has 7 nitrogen and oxygen atoms in total. The second-order valence-corrected chi connectivity index (χ2v) is 5.95. The number of benzene rings is 1. The molecule has 7 heteroatoms. The Balaban J connectivity index is 1.90. The number of H-pyrrole nitrogens is 1. The summed E-state index contributed by atoms with van der Waals surface area (Å²) in [6, 6.07) is 7.48. The zero-order chi connectivity index (χ0) is 17.1. The second-order valence-electron chi connectivity index (χ2n) is 5.95. The minimum Gasteiger partial charge on any atom is -0.494 e. The summed E-state index contributed by atoms with van der Waals surface area (Å²) < 4.78 is 7.18. The quantitative estimate of drug-likeness (QED) is 0.727. The molecule has 0 saturated carbocycles. The lowest BCUT2D eigenvalue weighted by Crippen LogP contribution is -2.13. The van der Waals surface area contributed by atoms with Gasteiger partial charge in [-0.2, -0.15) is 10.1 Å². The molecular formula is C17H21N5O2. The summed E-state index contributed by atoms with van der Waals surface area (Å²) in [6.45, 7) is 7.47. The zero-order valence-corrected chi connectivity index (χ0v) is 14.0. The van der Waals surface area contributed by atoms with E-state index in [0.717, 1.165) is 11.4 Å². The van der Waals surface area contributed by atoms with E-state index in [4.69, 9.17) is 4.74 Å². The van der Waals surface area contributed by atoms with Crippen LogP contribution in [0.4, 0.5) is 11.6 Å². The van der Waals surface area contributed by atoms with Crippen LogP contribution in [0.5, 0.6) is 5.75 Å². The lowest BCUT2D eigenvalue weighted by molar-refractivity contribution is 0.340. The third-order valence-electron chi connectivity index (χ3n) is 3.47. The number of hydrogen-bond donors (Lipinski definition) is 2. The Morgan fingerprint density at radius 1 is 1.29 bits per heavy atom. The molecule has 2 aromatic heterocycles. The first-order valence-electron chi connectivity index (χ1n) is 8.02. The Bertz CT molecular complexity index is 880. The maximum absolute atomic E-state index is 12.2. The maximum Gasteiger partial charge on any atom is 0.263 e. The molecule has 1 aromatic carbocycles. The summed E-state index contributed by atoms with van der Waals surface area (Å²) in [5.74, 6) is 1.61. The van der Waals surface area contributed by atoms with Gasteiger partial charge in [-0.3, -0.25) is 9.78 Å². The molecule has 0 aliphatic carbocycles. The topological polar surface area (TPSA) is 84.8 Å². The predicted molar refractivity (Wildman–Crippen MR) is 93.9 cm³/mol. The molecule has 0 unspecified atom stereocenters. The van der Waals surface area contributed by atoms with Crippen molar-refractivity contribution in [2.75, 3.05) is 11.9 Å². The summed E-state index contributed by atoms with van der Waals surface area (Å²) >= 11 is 0. The molecule has 0 radical (unpaired) electrons. The predicted octanol–water partition coefficient (Wildman–Crippen LogP) is 2.92. The van der Waals surface area contributed by atoms with E-state index in [9.17, 15) is 4.79 Å². The van der Waals surface area contributed by atoms with Crippen LogP contribution in [-0.2, 0) is 6.54 Å². The van der Waals surface area contributed by atoms with Gasteiger partial charge in [0.2, 0.25) is 5.95 Å². The summed E-state index contributed by atoms with van der Waals surface area (Å²) in [7, 11) is 0. The van der Waals surface area contributed by atoms with Crippen LogP contribution in [-0.4, -0.2) is 26.4 Å². The first-order valence-corrected chi connectivity index (χ1v) is 8.02. The number of ether oxygens (including phenoxy) is 1. The molecular weight excluding hydrogens is 306 g/mol. The number of nitrogens with zero attached hydrogens (tertiary/aromatic N) is 3. The highest BCUT2D eigenvalue weighted by molar-refractivity contribution is 5.75.